The van der Waals surface area contributed by atoms with Gasteiger partial charge in [0.15, 0.2) is 6.29 Å². The summed E-state index contributed by atoms with van der Waals surface area (Å²) in [5, 5.41) is 0. The quantitative estimate of drug-likeness (QED) is 0.440. The van der Waals surface area contributed by atoms with Crippen LogP contribution >= 0.6 is 0 Å². The highest BCUT2D eigenvalue weighted by Crippen LogP contribution is 2.63. The molecule has 3 aliphatic rings. The van der Waals surface area contributed by atoms with E-state index in [1.165, 1.54) is 12.7 Å². The van der Waals surface area contributed by atoms with Gasteiger partial charge in [0.05, 0.1) is 32.8 Å². The largest absolute Gasteiger partial charge is 0.493 e. The Kier molecular flexibility index (Phi) is 6.91. The van der Waals surface area contributed by atoms with Crippen LogP contribution < -0.4 is 4.74 Å². The predicted molar refractivity (Wildman–Crippen MR) is 121 cm³/mol. The van der Waals surface area contributed by atoms with E-state index in [0.29, 0.717) is 37.9 Å². The van der Waals surface area contributed by atoms with E-state index in [0.717, 1.165) is 37.9 Å². The second-order valence-corrected chi connectivity index (χ2v) is 10.2. The maximum absolute atomic E-state index is 11.5. The first-order chi connectivity index (χ1) is 15.4. The highest BCUT2D eigenvalue weighted by Gasteiger charge is 2.60. The number of allylic oxidation sites excluding steroid dienone is 1. The smallest absolute Gasteiger partial charge is 0.305 e. The van der Waals surface area contributed by atoms with Gasteiger partial charge in [-0.15, -0.1) is 0 Å². The molecule has 0 spiro atoms. The van der Waals surface area contributed by atoms with Gasteiger partial charge in [-0.3, -0.25) is 9.78 Å². The summed E-state index contributed by atoms with van der Waals surface area (Å²) in [6, 6.07) is 3.81. The van der Waals surface area contributed by atoms with Crippen LogP contribution in [0.4, 0.5) is 0 Å². The molecular formula is C26H37NO5. The maximum atomic E-state index is 11.5. The number of esters is 1. The van der Waals surface area contributed by atoms with Gasteiger partial charge >= 0.3 is 5.97 Å². The molecule has 0 aromatic carbocycles. The van der Waals surface area contributed by atoms with Gasteiger partial charge in [-0.05, 0) is 61.5 Å². The van der Waals surface area contributed by atoms with Crippen molar-refractivity contribution in [2.24, 2.45) is 22.7 Å². The van der Waals surface area contributed by atoms with E-state index in [1.807, 2.05) is 12.1 Å². The van der Waals surface area contributed by atoms with E-state index >= 15 is 0 Å². The summed E-state index contributed by atoms with van der Waals surface area (Å²) in [7, 11) is 1.42. The molecule has 1 aliphatic heterocycles. The molecule has 1 aromatic heterocycles. The van der Waals surface area contributed by atoms with Crippen LogP contribution in [-0.2, 0) is 19.0 Å². The predicted octanol–water partition coefficient (Wildman–Crippen LogP) is 4.93. The fraction of sp³-hybridized carbons (Fsp3) is 0.692. The average Bonchev–Trinajstić information content (AvgIpc) is 2.79. The molecule has 1 saturated heterocycles. The summed E-state index contributed by atoms with van der Waals surface area (Å²) < 4.78 is 23.3. The summed E-state index contributed by atoms with van der Waals surface area (Å²) in [5.74, 6) is 1.58. The average molecular weight is 444 g/mol. The molecule has 4 rings (SSSR count). The molecule has 0 bridgehead atoms. The third-order valence-electron chi connectivity index (χ3n) is 8.35. The molecule has 176 valence electrons. The summed E-state index contributed by atoms with van der Waals surface area (Å²) in [5.41, 5.74) is 1.49. The first-order valence-corrected chi connectivity index (χ1v) is 11.9. The number of carbonyl (C=O) groups excluding carboxylic acids is 1. The van der Waals surface area contributed by atoms with E-state index in [1.54, 1.807) is 12.4 Å². The summed E-state index contributed by atoms with van der Waals surface area (Å²) in [6.45, 7) is 10.6. The molecule has 6 atom stereocenters. The van der Waals surface area contributed by atoms with Gasteiger partial charge < -0.3 is 18.9 Å². The lowest BCUT2D eigenvalue weighted by molar-refractivity contribution is -0.304. The molecule has 2 heterocycles. The van der Waals surface area contributed by atoms with Crippen molar-refractivity contribution in [2.75, 3.05) is 20.3 Å². The number of carbonyl (C=O) groups is 1. The monoisotopic (exact) mass is 443 g/mol. The van der Waals surface area contributed by atoms with Crippen LogP contribution in [0.25, 0.3) is 0 Å². The van der Waals surface area contributed by atoms with Crippen LogP contribution in [-0.4, -0.2) is 43.7 Å². The number of rotatable bonds is 7. The van der Waals surface area contributed by atoms with E-state index < -0.39 is 0 Å². The molecule has 1 unspecified atom stereocenters. The number of aromatic nitrogens is 1. The molecule has 6 heteroatoms. The Morgan fingerprint density at radius 1 is 1.22 bits per heavy atom. The zero-order chi connectivity index (χ0) is 22.8. The molecule has 1 aromatic rings. The van der Waals surface area contributed by atoms with Crippen molar-refractivity contribution in [1.29, 1.82) is 0 Å². The van der Waals surface area contributed by atoms with E-state index in [4.69, 9.17) is 18.9 Å². The van der Waals surface area contributed by atoms with Crippen LogP contribution in [0.2, 0.25) is 0 Å². The Morgan fingerprint density at radius 3 is 2.75 bits per heavy atom. The summed E-state index contributed by atoms with van der Waals surface area (Å²) >= 11 is 0. The van der Waals surface area contributed by atoms with Crippen molar-refractivity contribution in [3.63, 3.8) is 0 Å². The fourth-order valence-electron chi connectivity index (χ4n) is 6.63. The van der Waals surface area contributed by atoms with Gasteiger partial charge in [0.1, 0.15) is 5.75 Å². The molecule has 0 amide bonds. The third-order valence-corrected chi connectivity index (χ3v) is 8.35. The van der Waals surface area contributed by atoms with Crippen molar-refractivity contribution in [1.82, 2.24) is 4.98 Å². The number of hydrogen-bond acceptors (Lipinski definition) is 6. The van der Waals surface area contributed by atoms with E-state index in [2.05, 4.69) is 25.4 Å². The zero-order valence-corrected chi connectivity index (χ0v) is 19.7. The minimum absolute atomic E-state index is 0.0281. The molecule has 2 aliphatic carbocycles. The number of fused-ring (bicyclic) bond motifs is 3. The lowest BCUT2D eigenvalue weighted by Crippen LogP contribution is -2.61. The van der Waals surface area contributed by atoms with E-state index in [9.17, 15) is 4.79 Å². The molecule has 3 fully saturated rings. The zero-order valence-electron chi connectivity index (χ0n) is 19.7. The number of pyridine rings is 1. The van der Waals surface area contributed by atoms with Crippen molar-refractivity contribution in [2.45, 2.75) is 71.2 Å². The lowest BCUT2D eigenvalue weighted by Gasteiger charge is -2.62. The number of hydrogen-bond donors (Lipinski definition) is 0. The van der Waals surface area contributed by atoms with Gasteiger partial charge in [-0.25, -0.2) is 0 Å². The normalized spacial score (nSPS) is 36.7. The molecule has 0 radical (unpaired) electrons. The van der Waals surface area contributed by atoms with Crippen molar-refractivity contribution >= 4 is 5.97 Å². The second kappa shape index (κ2) is 9.52. The number of ether oxygens (including phenoxy) is 4. The third kappa shape index (κ3) is 4.44. The molecule has 6 nitrogen and oxygen atoms in total. The Morgan fingerprint density at radius 2 is 2.00 bits per heavy atom. The van der Waals surface area contributed by atoms with Gasteiger partial charge in [0, 0.05) is 24.2 Å². The van der Waals surface area contributed by atoms with E-state index in [-0.39, 0.29) is 29.2 Å². The van der Waals surface area contributed by atoms with Crippen LogP contribution in [0.3, 0.4) is 0 Å². The highest BCUT2D eigenvalue weighted by atomic mass is 16.7. The van der Waals surface area contributed by atoms with Crippen molar-refractivity contribution < 1.29 is 23.7 Å². The lowest BCUT2D eigenvalue weighted by atomic mass is 9.46. The van der Waals surface area contributed by atoms with Gasteiger partial charge in [0.25, 0.3) is 0 Å². The minimum atomic E-state index is -0.320. The van der Waals surface area contributed by atoms with Crippen LogP contribution in [0.1, 0.15) is 58.8 Å². The summed E-state index contributed by atoms with van der Waals surface area (Å²) in [4.78, 5) is 15.6. The molecular weight excluding hydrogens is 406 g/mol. The number of nitrogens with zero attached hydrogens (tertiary/aromatic N) is 1. The van der Waals surface area contributed by atoms with Crippen LogP contribution in [0.5, 0.6) is 5.75 Å². The standard InChI is InChI=1S/C26H37NO5/c1-18-5-6-21-25(2,20(18)12-16-30-19-10-14-27-15-11-19)13-9-22-26(21,3)17-31-24(32-22)8-7-23(28)29-4/h10-11,14-15,20-22,24H,1,5-9,12-13,16-17H2,2-4H3/t20-,21?,22-,24-,25+,26+/m1/s1. The molecule has 32 heavy (non-hydrogen) atoms. The fourth-order valence-corrected chi connectivity index (χ4v) is 6.63. The first kappa shape index (κ1) is 23.2. The summed E-state index contributed by atoms with van der Waals surface area (Å²) in [6.07, 6.45) is 9.51. The minimum Gasteiger partial charge on any atom is -0.493 e. The SMILES string of the molecule is C=C1CCC2[C@]3(C)CO[C@@H](CCC(=O)OC)O[C@@H]3CC[C@@]2(C)[C@@H]1CCOc1ccncc1. The van der Waals surface area contributed by atoms with Crippen molar-refractivity contribution in [3.8, 4) is 5.75 Å². The molecule has 0 N–H and O–H groups in total. The van der Waals surface area contributed by atoms with Crippen LogP contribution in [0, 0.1) is 22.7 Å². The van der Waals surface area contributed by atoms with Gasteiger partial charge in [-0.1, -0.05) is 26.0 Å². The Labute approximate surface area is 191 Å². The first-order valence-electron chi connectivity index (χ1n) is 11.9. The topological polar surface area (TPSA) is 66.9 Å². The second-order valence-electron chi connectivity index (χ2n) is 10.2. The van der Waals surface area contributed by atoms with Crippen molar-refractivity contribution in [3.05, 3.63) is 36.7 Å². The van der Waals surface area contributed by atoms with Gasteiger partial charge in [-0.2, -0.15) is 0 Å². The maximum Gasteiger partial charge on any atom is 0.305 e. The molecule has 2 saturated carbocycles. The Bertz CT molecular complexity index is 814. The van der Waals surface area contributed by atoms with Gasteiger partial charge in [0.2, 0.25) is 0 Å². The Balaban J connectivity index is 1.42. The highest BCUT2D eigenvalue weighted by molar-refractivity contribution is 5.69. The van der Waals surface area contributed by atoms with Crippen LogP contribution in [0.15, 0.2) is 36.7 Å². The number of methoxy groups -OCH3 is 1. The Hall–Kier alpha value is -1.92.